The molecule has 7 nitrogen and oxygen atoms in total. The van der Waals surface area contributed by atoms with Gasteiger partial charge in [-0.2, -0.15) is 5.10 Å². The molecule has 3 aromatic rings. The number of anilines is 1. The van der Waals surface area contributed by atoms with Gasteiger partial charge in [0.25, 0.3) is 0 Å². The summed E-state index contributed by atoms with van der Waals surface area (Å²) in [6.07, 6.45) is 13.4. The van der Waals surface area contributed by atoms with Crippen LogP contribution >= 0.6 is 0 Å². The zero-order valence-electron chi connectivity index (χ0n) is 11.6. The molecule has 0 radical (unpaired) electrons. The average Bonchev–Trinajstić information content (AvgIpc) is 3.05. The van der Waals surface area contributed by atoms with Crippen LogP contribution in [0.3, 0.4) is 0 Å². The minimum absolute atomic E-state index is 0.229. The van der Waals surface area contributed by atoms with E-state index in [1.165, 1.54) is 0 Å². The van der Waals surface area contributed by atoms with Gasteiger partial charge in [-0.15, -0.1) is 0 Å². The molecule has 0 aliphatic heterocycles. The molecule has 3 aromatic heterocycles. The molecule has 108 valence electrons. The zero-order valence-corrected chi connectivity index (χ0v) is 11.6. The van der Waals surface area contributed by atoms with E-state index in [2.05, 4.69) is 25.4 Å². The van der Waals surface area contributed by atoms with Gasteiger partial charge in [-0.3, -0.25) is 10.4 Å². The lowest BCUT2D eigenvalue weighted by Crippen LogP contribution is -2.01. The SMILES string of the molecule is N=C(/C=C\Nc1cnn(-c2cccnc2)c1)c1ncccn1. The van der Waals surface area contributed by atoms with E-state index < -0.39 is 0 Å². The third-order valence-corrected chi connectivity index (χ3v) is 2.80. The van der Waals surface area contributed by atoms with E-state index in [0.717, 1.165) is 11.4 Å². The summed E-state index contributed by atoms with van der Waals surface area (Å²) in [5.74, 6) is 0.381. The van der Waals surface area contributed by atoms with Gasteiger partial charge in [-0.25, -0.2) is 14.6 Å². The normalized spacial score (nSPS) is 10.7. The van der Waals surface area contributed by atoms with Gasteiger partial charge in [0.1, 0.15) is 5.71 Å². The maximum atomic E-state index is 7.85. The highest BCUT2D eigenvalue weighted by molar-refractivity contribution is 6.03. The first-order valence-electron chi connectivity index (χ1n) is 6.57. The number of hydrogen-bond donors (Lipinski definition) is 2. The number of allylic oxidation sites excluding steroid dienone is 1. The largest absolute Gasteiger partial charge is 0.359 e. The molecule has 2 N–H and O–H groups in total. The number of rotatable bonds is 5. The summed E-state index contributed by atoms with van der Waals surface area (Å²) in [5, 5.41) is 15.2. The second-order valence-corrected chi connectivity index (χ2v) is 4.35. The molecule has 0 atom stereocenters. The Kier molecular flexibility index (Phi) is 3.96. The lowest BCUT2D eigenvalue weighted by molar-refractivity contribution is 0.874. The molecular formula is C15H13N7. The summed E-state index contributed by atoms with van der Waals surface area (Å²) in [7, 11) is 0. The minimum atomic E-state index is 0.229. The highest BCUT2D eigenvalue weighted by Crippen LogP contribution is 2.10. The smallest absolute Gasteiger partial charge is 0.177 e. The third-order valence-electron chi connectivity index (χ3n) is 2.80. The molecular weight excluding hydrogens is 278 g/mol. The molecule has 3 rings (SSSR count). The fourth-order valence-electron chi connectivity index (χ4n) is 1.76. The summed E-state index contributed by atoms with van der Waals surface area (Å²) in [4.78, 5) is 12.1. The van der Waals surface area contributed by atoms with Crippen LogP contribution in [0, 0.1) is 5.41 Å². The van der Waals surface area contributed by atoms with Crippen molar-refractivity contribution < 1.29 is 0 Å². The summed E-state index contributed by atoms with van der Waals surface area (Å²) in [5.41, 5.74) is 1.92. The molecule has 0 bridgehead atoms. The molecule has 7 heteroatoms. The molecule has 0 saturated carbocycles. The monoisotopic (exact) mass is 291 g/mol. The van der Waals surface area contributed by atoms with Crippen LogP contribution in [0.1, 0.15) is 5.82 Å². The number of pyridine rings is 1. The van der Waals surface area contributed by atoms with Crippen LogP contribution in [0.4, 0.5) is 5.69 Å². The highest BCUT2D eigenvalue weighted by Gasteiger charge is 2.00. The van der Waals surface area contributed by atoms with E-state index in [1.54, 1.807) is 54.0 Å². The Labute approximate surface area is 126 Å². The van der Waals surface area contributed by atoms with Crippen molar-refractivity contribution in [3.05, 3.63) is 73.5 Å². The Balaban J connectivity index is 1.64. The fourth-order valence-corrected chi connectivity index (χ4v) is 1.76. The minimum Gasteiger partial charge on any atom is -0.359 e. The predicted molar refractivity (Wildman–Crippen MR) is 83.0 cm³/mol. The van der Waals surface area contributed by atoms with Crippen molar-refractivity contribution in [2.75, 3.05) is 5.32 Å². The Morgan fingerprint density at radius 2 is 2.00 bits per heavy atom. The second kappa shape index (κ2) is 6.40. The number of nitrogens with zero attached hydrogens (tertiary/aromatic N) is 5. The van der Waals surface area contributed by atoms with Crippen LogP contribution in [0.5, 0.6) is 0 Å². The molecule has 0 amide bonds. The van der Waals surface area contributed by atoms with E-state index >= 15 is 0 Å². The van der Waals surface area contributed by atoms with Crippen LogP contribution in [-0.4, -0.2) is 30.4 Å². The molecule has 22 heavy (non-hydrogen) atoms. The highest BCUT2D eigenvalue weighted by atomic mass is 15.3. The maximum absolute atomic E-state index is 7.85. The van der Waals surface area contributed by atoms with Crippen LogP contribution in [0.15, 0.2) is 67.7 Å². The van der Waals surface area contributed by atoms with Crippen LogP contribution in [-0.2, 0) is 0 Å². The van der Waals surface area contributed by atoms with Crippen LogP contribution in [0.25, 0.3) is 5.69 Å². The maximum Gasteiger partial charge on any atom is 0.177 e. The lowest BCUT2D eigenvalue weighted by Gasteiger charge is -1.99. The van der Waals surface area contributed by atoms with Crippen molar-refractivity contribution in [3.63, 3.8) is 0 Å². The van der Waals surface area contributed by atoms with E-state index in [1.807, 2.05) is 18.3 Å². The van der Waals surface area contributed by atoms with Gasteiger partial charge < -0.3 is 5.32 Å². The predicted octanol–water partition coefficient (Wildman–Crippen LogP) is 2.05. The van der Waals surface area contributed by atoms with Crippen molar-refractivity contribution in [1.29, 1.82) is 5.41 Å². The topological polar surface area (TPSA) is 92.4 Å². The van der Waals surface area contributed by atoms with Gasteiger partial charge in [0.05, 0.1) is 30.0 Å². The molecule has 0 unspecified atom stereocenters. The summed E-state index contributed by atoms with van der Waals surface area (Å²) in [6.45, 7) is 0. The first kappa shape index (κ1) is 13.6. The van der Waals surface area contributed by atoms with Crippen molar-refractivity contribution in [2.24, 2.45) is 0 Å². The first-order valence-corrected chi connectivity index (χ1v) is 6.57. The molecule has 0 aliphatic carbocycles. The van der Waals surface area contributed by atoms with E-state index in [9.17, 15) is 0 Å². The van der Waals surface area contributed by atoms with Gasteiger partial charge in [0.15, 0.2) is 5.82 Å². The second-order valence-electron chi connectivity index (χ2n) is 4.35. The Morgan fingerprint density at radius 1 is 1.14 bits per heavy atom. The van der Waals surface area contributed by atoms with Crippen LogP contribution in [0.2, 0.25) is 0 Å². The van der Waals surface area contributed by atoms with E-state index in [0.29, 0.717) is 5.82 Å². The quantitative estimate of drug-likeness (QED) is 0.702. The Bertz CT molecular complexity index is 778. The molecule has 0 spiro atoms. The van der Waals surface area contributed by atoms with Gasteiger partial charge in [-0.1, -0.05) is 0 Å². The first-order chi connectivity index (χ1) is 10.8. The van der Waals surface area contributed by atoms with E-state index in [4.69, 9.17) is 5.41 Å². The van der Waals surface area contributed by atoms with Crippen LogP contribution < -0.4 is 5.32 Å². The van der Waals surface area contributed by atoms with Gasteiger partial charge >= 0.3 is 0 Å². The van der Waals surface area contributed by atoms with E-state index in [-0.39, 0.29) is 5.71 Å². The number of hydrogen-bond acceptors (Lipinski definition) is 6. The molecule has 0 saturated heterocycles. The molecule has 3 heterocycles. The fraction of sp³-hybridized carbons (Fsp3) is 0. The lowest BCUT2D eigenvalue weighted by atomic mass is 10.3. The molecule has 0 fully saturated rings. The van der Waals surface area contributed by atoms with Crippen molar-refractivity contribution in [2.45, 2.75) is 0 Å². The summed E-state index contributed by atoms with van der Waals surface area (Å²) >= 11 is 0. The van der Waals surface area contributed by atoms with Crippen molar-refractivity contribution in [1.82, 2.24) is 24.7 Å². The summed E-state index contributed by atoms with van der Waals surface area (Å²) in [6, 6.07) is 5.48. The Morgan fingerprint density at radius 3 is 2.77 bits per heavy atom. The van der Waals surface area contributed by atoms with Gasteiger partial charge in [-0.05, 0) is 24.3 Å². The molecule has 0 aromatic carbocycles. The third kappa shape index (κ3) is 3.21. The molecule has 0 aliphatic rings. The number of nitrogens with one attached hydrogen (secondary N) is 2. The summed E-state index contributed by atoms with van der Waals surface area (Å²) < 4.78 is 1.72. The average molecular weight is 291 g/mol. The van der Waals surface area contributed by atoms with Crippen molar-refractivity contribution in [3.8, 4) is 5.69 Å². The van der Waals surface area contributed by atoms with Gasteiger partial charge in [0, 0.05) is 24.8 Å². The van der Waals surface area contributed by atoms with Crippen molar-refractivity contribution >= 4 is 11.4 Å². The van der Waals surface area contributed by atoms with Gasteiger partial charge in [0.2, 0.25) is 0 Å². The zero-order chi connectivity index (χ0) is 15.2. The standard InChI is InChI=1S/C15H13N7/c16-14(15-19-6-2-7-20-15)4-8-18-12-9-21-22(11-12)13-3-1-5-17-10-13/h1-11,16,18H/b8-4-,16-14?. The number of aromatic nitrogens is 5. The Hall–Kier alpha value is -3.35.